The molecule has 0 atom stereocenters. The van der Waals surface area contributed by atoms with Crippen LogP contribution in [0.1, 0.15) is 36.3 Å². The van der Waals surface area contributed by atoms with Crippen LogP contribution < -0.4 is 10.6 Å². The maximum atomic E-state index is 12.1. The van der Waals surface area contributed by atoms with Crippen LogP contribution in [0.2, 0.25) is 0 Å². The Morgan fingerprint density at radius 1 is 1.35 bits per heavy atom. The molecule has 20 heavy (non-hydrogen) atoms. The van der Waals surface area contributed by atoms with Gasteiger partial charge in [-0.05, 0) is 39.0 Å². The van der Waals surface area contributed by atoms with Gasteiger partial charge in [0.1, 0.15) is 0 Å². The molecule has 1 amide bonds. The first kappa shape index (κ1) is 16.4. The van der Waals surface area contributed by atoms with Gasteiger partial charge in [0.25, 0.3) is 5.91 Å². The molecule has 0 aliphatic carbocycles. The lowest BCUT2D eigenvalue weighted by molar-refractivity contribution is 0.0952. The van der Waals surface area contributed by atoms with Gasteiger partial charge in [-0.3, -0.25) is 9.78 Å². The van der Waals surface area contributed by atoms with E-state index in [1.54, 1.807) is 6.20 Å². The number of hydrogen-bond donors (Lipinski definition) is 2. The molecule has 0 saturated carbocycles. The molecule has 1 aromatic heterocycles. The Morgan fingerprint density at radius 2 is 2.05 bits per heavy atom. The number of aryl methyl sites for hydroxylation is 1. The highest BCUT2D eigenvalue weighted by molar-refractivity contribution is 5.99. The highest BCUT2D eigenvalue weighted by Gasteiger charge is 2.11. The second-order valence-corrected chi connectivity index (χ2v) is 4.76. The maximum Gasteiger partial charge on any atom is 0.254 e. The molecule has 0 saturated heterocycles. The molecule has 0 fully saturated rings. The third-order valence-corrected chi connectivity index (χ3v) is 3.39. The number of rotatable bonds is 8. The van der Waals surface area contributed by atoms with E-state index in [4.69, 9.17) is 0 Å². The van der Waals surface area contributed by atoms with E-state index < -0.39 is 0 Å². The first-order valence-electron chi connectivity index (χ1n) is 7.27. The molecule has 0 bridgehead atoms. The molecule has 1 heterocycles. The molecule has 112 valence electrons. The Bertz CT molecular complexity index is 430. The summed E-state index contributed by atoms with van der Waals surface area (Å²) in [6.45, 7) is 10.0. The number of nitrogens with zero attached hydrogens (tertiary/aromatic N) is 2. The summed E-state index contributed by atoms with van der Waals surface area (Å²) in [6, 6.07) is 1.88. The number of aromatic nitrogens is 1. The van der Waals surface area contributed by atoms with Crippen molar-refractivity contribution in [3.63, 3.8) is 0 Å². The van der Waals surface area contributed by atoms with Gasteiger partial charge in [0.2, 0.25) is 0 Å². The van der Waals surface area contributed by atoms with Crippen molar-refractivity contribution < 1.29 is 4.79 Å². The van der Waals surface area contributed by atoms with Crippen LogP contribution in [0.4, 0.5) is 5.69 Å². The first-order chi connectivity index (χ1) is 9.62. The normalized spacial score (nSPS) is 10.7. The maximum absolute atomic E-state index is 12.1. The highest BCUT2D eigenvalue weighted by atomic mass is 16.1. The van der Waals surface area contributed by atoms with Gasteiger partial charge in [0, 0.05) is 25.5 Å². The van der Waals surface area contributed by atoms with E-state index in [1.165, 1.54) is 0 Å². The molecule has 0 aliphatic heterocycles. The molecule has 0 aromatic carbocycles. The van der Waals surface area contributed by atoms with Crippen LogP contribution in [0.5, 0.6) is 0 Å². The summed E-state index contributed by atoms with van der Waals surface area (Å²) in [5.74, 6) is -0.0682. The molecular formula is C15H26N4O. The molecule has 0 unspecified atom stereocenters. The van der Waals surface area contributed by atoms with Gasteiger partial charge in [-0.2, -0.15) is 0 Å². The molecule has 5 nitrogen and oxygen atoms in total. The average molecular weight is 278 g/mol. The molecule has 1 rings (SSSR count). The quantitative estimate of drug-likeness (QED) is 0.713. The summed E-state index contributed by atoms with van der Waals surface area (Å²) in [7, 11) is 1.81. The van der Waals surface area contributed by atoms with Crippen LogP contribution in [-0.2, 0) is 0 Å². The second kappa shape index (κ2) is 8.53. The predicted octanol–water partition coefficient (Wildman–Crippen LogP) is 1.89. The summed E-state index contributed by atoms with van der Waals surface area (Å²) in [4.78, 5) is 18.6. The third-order valence-electron chi connectivity index (χ3n) is 3.39. The largest absolute Gasteiger partial charge is 0.387 e. The number of anilines is 1. The number of carbonyl (C=O) groups is 1. The molecule has 0 spiro atoms. The van der Waals surface area contributed by atoms with Crippen molar-refractivity contribution in [3.05, 3.63) is 23.5 Å². The summed E-state index contributed by atoms with van der Waals surface area (Å²) >= 11 is 0. The summed E-state index contributed by atoms with van der Waals surface area (Å²) < 4.78 is 0. The standard InChI is InChI=1S/C15H26N4O/c1-5-19(6-2)9-7-8-17-15(20)13-11-18-12(3)10-14(13)16-4/h10-11H,5-9H2,1-4H3,(H,16,18)(H,17,20). The zero-order valence-electron chi connectivity index (χ0n) is 13.0. The molecule has 0 radical (unpaired) electrons. The van der Waals surface area contributed by atoms with Crippen molar-refractivity contribution in [2.24, 2.45) is 0 Å². The lowest BCUT2D eigenvalue weighted by Crippen LogP contribution is -2.30. The zero-order chi connectivity index (χ0) is 15.0. The summed E-state index contributed by atoms with van der Waals surface area (Å²) in [5.41, 5.74) is 2.31. The fraction of sp³-hybridized carbons (Fsp3) is 0.600. The number of pyridine rings is 1. The van der Waals surface area contributed by atoms with Gasteiger partial charge in [0.15, 0.2) is 0 Å². The van der Waals surface area contributed by atoms with Crippen molar-refractivity contribution in [2.75, 3.05) is 38.5 Å². The Labute approximate surface area is 121 Å². The van der Waals surface area contributed by atoms with E-state index in [1.807, 2.05) is 20.0 Å². The van der Waals surface area contributed by atoms with Crippen molar-refractivity contribution in [3.8, 4) is 0 Å². The fourth-order valence-corrected chi connectivity index (χ4v) is 2.09. The van der Waals surface area contributed by atoms with Crippen LogP contribution in [0.25, 0.3) is 0 Å². The van der Waals surface area contributed by atoms with Crippen LogP contribution >= 0.6 is 0 Å². The number of nitrogens with one attached hydrogen (secondary N) is 2. The highest BCUT2D eigenvalue weighted by Crippen LogP contribution is 2.14. The van der Waals surface area contributed by atoms with Gasteiger partial charge < -0.3 is 15.5 Å². The number of carbonyl (C=O) groups excluding carboxylic acids is 1. The zero-order valence-corrected chi connectivity index (χ0v) is 13.0. The fourth-order valence-electron chi connectivity index (χ4n) is 2.09. The monoisotopic (exact) mass is 278 g/mol. The second-order valence-electron chi connectivity index (χ2n) is 4.76. The summed E-state index contributed by atoms with van der Waals surface area (Å²) in [6.07, 6.45) is 2.59. The van der Waals surface area contributed by atoms with E-state index in [-0.39, 0.29) is 5.91 Å². The Balaban J connectivity index is 2.47. The van der Waals surface area contributed by atoms with Gasteiger partial charge in [-0.25, -0.2) is 0 Å². The molecule has 0 aliphatic rings. The topological polar surface area (TPSA) is 57.3 Å². The van der Waals surface area contributed by atoms with Gasteiger partial charge in [0.05, 0.1) is 11.3 Å². The lowest BCUT2D eigenvalue weighted by Gasteiger charge is -2.17. The lowest BCUT2D eigenvalue weighted by atomic mass is 10.2. The Kier molecular flexibility index (Phi) is 7.01. The molecule has 1 aromatic rings. The number of amides is 1. The third kappa shape index (κ3) is 4.81. The minimum atomic E-state index is -0.0682. The SMILES string of the molecule is CCN(CC)CCCNC(=O)c1cnc(C)cc1NC. The molecular weight excluding hydrogens is 252 g/mol. The summed E-state index contributed by atoms with van der Waals surface area (Å²) in [5, 5.41) is 5.99. The van der Waals surface area contributed by atoms with E-state index in [2.05, 4.69) is 34.4 Å². The van der Waals surface area contributed by atoms with E-state index >= 15 is 0 Å². The van der Waals surface area contributed by atoms with Crippen LogP contribution in [0.3, 0.4) is 0 Å². The van der Waals surface area contributed by atoms with Crippen molar-refractivity contribution in [2.45, 2.75) is 27.2 Å². The van der Waals surface area contributed by atoms with Crippen LogP contribution in [0, 0.1) is 6.92 Å². The molecule has 2 N–H and O–H groups in total. The van der Waals surface area contributed by atoms with Crippen molar-refractivity contribution in [1.82, 2.24) is 15.2 Å². The predicted molar refractivity (Wildman–Crippen MR) is 83.3 cm³/mol. The van der Waals surface area contributed by atoms with Crippen molar-refractivity contribution >= 4 is 11.6 Å². The van der Waals surface area contributed by atoms with E-state index in [9.17, 15) is 4.79 Å². The van der Waals surface area contributed by atoms with Crippen molar-refractivity contribution in [1.29, 1.82) is 0 Å². The van der Waals surface area contributed by atoms with Crippen LogP contribution in [-0.4, -0.2) is 49.0 Å². The Hall–Kier alpha value is -1.62. The minimum Gasteiger partial charge on any atom is -0.387 e. The molecule has 5 heteroatoms. The van der Waals surface area contributed by atoms with Gasteiger partial charge >= 0.3 is 0 Å². The average Bonchev–Trinajstić information content (AvgIpc) is 2.47. The van der Waals surface area contributed by atoms with Crippen LogP contribution in [0.15, 0.2) is 12.3 Å². The van der Waals surface area contributed by atoms with Gasteiger partial charge in [-0.15, -0.1) is 0 Å². The van der Waals surface area contributed by atoms with E-state index in [0.717, 1.165) is 37.4 Å². The van der Waals surface area contributed by atoms with E-state index in [0.29, 0.717) is 12.1 Å². The minimum absolute atomic E-state index is 0.0682. The first-order valence-corrected chi connectivity index (χ1v) is 7.27. The van der Waals surface area contributed by atoms with Gasteiger partial charge in [-0.1, -0.05) is 13.8 Å². The smallest absolute Gasteiger partial charge is 0.254 e. The number of hydrogen-bond acceptors (Lipinski definition) is 4. The Morgan fingerprint density at radius 3 is 2.65 bits per heavy atom.